The van der Waals surface area contributed by atoms with E-state index in [2.05, 4.69) is 10.3 Å². The first-order chi connectivity index (χ1) is 19.2. The molecular weight excluding hydrogens is 548 g/mol. The molecule has 5 nitrogen and oxygen atoms in total. The molecule has 0 spiro atoms. The molecule has 1 aromatic heterocycles. The van der Waals surface area contributed by atoms with Crippen molar-refractivity contribution in [3.05, 3.63) is 82.6 Å². The summed E-state index contributed by atoms with van der Waals surface area (Å²) in [5.74, 6) is -1.42. The average molecular weight is 580 g/mol. The topological polar surface area (TPSA) is 65.2 Å². The van der Waals surface area contributed by atoms with E-state index in [0.717, 1.165) is 59.2 Å². The zero-order valence-electron chi connectivity index (χ0n) is 22.6. The summed E-state index contributed by atoms with van der Waals surface area (Å²) in [6, 6.07) is 7.40. The van der Waals surface area contributed by atoms with E-state index in [9.17, 15) is 35.9 Å². The van der Waals surface area contributed by atoms with Crippen LogP contribution < -0.4 is 5.32 Å². The number of aromatic amines is 1. The number of fused-ring (bicyclic) bond motifs is 1. The van der Waals surface area contributed by atoms with Crippen molar-refractivity contribution < 1.29 is 35.9 Å². The number of para-hydroxylation sites is 1. The van der Waals surface area contributed by atoms with Crippen LogP contribution in [0.2, 0.25) is 0 Å². The summed E-state index contributed by atoms with van der Waals surface area (Å²) in [5, 5.41) is 3.79. The highest BCUT2D eigenvalue weighted by molar-refractivity contribution is 5.95. The van der Waals surface area contributed by atoms with E-state index in [4.69, 9.17) is 0 Å². The Morgan fingerprint density at radius 2 is 1.61 bits per heavy atom. The highest BCUT2D eigenvalue weighted by atomic mass is 19.4. The van der Waals surface area contributed by atoms with Crippen molar-refractivity contribution in [1.29, 1.82) is 0 Å². The van der Waals surface area contributed by atoms with E-state index in [1.807, 2.05) is 31.2 Å². The normalized spacial score (nSPS) is 15.8. The molecule has 1 fully saturated rings. The average Bonchev–Trinajstić information content (AvgIpc) is 3.24. The van der Waals surface area contributed by atoms with Gasteiger partial charge in [0.25, 0.3) is 5.91 Å². The van der Waals surface area contributed by atoms with Crippen LogP contribution in [0.4, 0.5) is 26.3 Å². The van der Waals surface area contributed by atoms with E-state index in [-0.39, 0.29) is 24.4 Å². The van der Waals surface area contributed by atoms with Crippen molar-refractivity contribution in [3.8, 4) is 0 Å². The molecule has 0 unspecified atom stereocenters. The molecule has 0 bridgehead atoms. The number of hydrogen-bond acceptors (Lipinski definition) is 2. The van der Waals surface area contributed by atoms with E-state index in [1.54, 1.807) is 0 Å². The molecule has 0 radical (unpaired) electrons. The lowest BCUT2D eigenvalue weighted by Crippen LogP contribution is -2.39. The second-order valence-corrected chi connectivity index (χ2v) is 10.5. The quantitative estimate of drug-likeness (QED) is 0.230. The number of rotatable bonds is 7. The van der Waals surface area contributed by atoms with Gasteiger partial charge in [-0.25, -0.2) is 0 Å². The Morgan fingerprint density at radius 1 is 1.00 bits per heavy atom. The highest BCUT2D eigenvalue weighted by Gasteiger charge is 2.38. The number of aromatic nitrogens is 1. The number of halogens is 6. The number of nitrogens with zero attached hydrogens (tertiary/aromatic N) is 1. The Kier molecular flexibility index (Phi) is 8.84. The van der Waals surface area contributed by atoms with Crippen LogP contribution in [0.3, 0.4) is 0 Å². The molecular formula is C30H31F6N3O2. The molecule has 1 aliphatic carbocycles. The van der Waals surface area contributed by atoms with Gasteiger partial charge in [0.1, 0.15) is 0 Å². The number of amides is 2. The van der Waals surface area contributed by atoms with Crippen molar-refractivity contribution in [2.45, 2.75) is 69.9 Å². The number of benzene rings is 2. The molecule has 2 aromatic carbocycles. The van der Waals surface area contributed by atoms with E-state index < -0.39 is 41.0 Å². The molecule has 41 heavy (non-hydrogen) atoms. The van der Waals surface area contributed by atoms with Crippen molar-refractivity contribution in [2.75, 3.05) is 7.05 Å². The minimum atomic E-state index is -5.09. The Hall–Kier alpha value is -3.76. The summed E-state index contributed by atoms with van der Waals surface area (Å²) < 4.78 is 80.7. The first kappa shape index (κ1) is 30.2. The van der Waals surface area contributed by atoms with Crippen LogP contribution >= 0.6 is 0 Å². The molecule has 11 heteroatoms. The molecule has 1 heterocycles. The minimum absolute atomic E-state index is 0.0148. The molecule has 0 aliphatic heterocycles. The third-order valence-electron chi connectivity index (χ3n) is 7.51. The maximum absolute atomic E-state index is 13.5. The fraction of sp³-hybridized carbons (Fsp3) is 0.400. The summed E-state index contributed by atoms with van der Waals surface area (Å²) in [4.78, 5) is 30.5. The van der Waals surface area contributed by atoms with Gasteiger partial charge in [0, 0.05) is 41.3 Å². The first-order valence-electron chi connectivity index (χ1n) is 13.4. The molecule has 1 aliphatic rings. The monoisotopic (exact) mass is 579 g/mol. The molecule has 1 saturated carbocycles. The molecule has 2 amide bonds. The van der Waals surface area contributed by atoms with E-state index in [0.29, 0.717) is 12.1 Å². The molecule has 4 rings (SSSR count). The third kappa shape index (κ3) is 7.31. The zero-order valence-corrected chi connectivity index (χ0v) is 22.6. The molecule has 3 aromatic rings. The van der Waals surface area contributed by atoms with Gasteiger partial charge >= 0.3 is 12.4 Å². The summed E-state index contributed by atoms with van der Waals surface area (Å²) in [5.41, 5.74) is -1.47. The number of nitrogens with one attached hydrogen (secondary N) is 2. The van der Waals surface area contributed by atoms with Crippen molar-refractivity contribution in [2.24, 2.45) is 0 Å². The fourth-order valence-corrected chi connectivity index (χ4v) is 5.27. The van der Waals surface area contributed by atoms with Crippen LogP contribution in [-0.2, 0) is 23.6 Å². The Labute approximate surface area is 233 Å². The SMILES string of the molecule is Cc1[nH]c2ccccc2c1C[C@H](C=CC(=O)NC1CCCCC1)N(C)C(=O)c1cc(C(F)(F)F)cc(C(F)(F)F)c1. The molecule has 220 valence electrons. The smallest absolute Gasteiger partial charge is 0.358 e. The van der Waals surface area contributed by atoms with Gasteiger partial charge in [0.05, 0.1) is 17.2 Å². The number of H-pyrrole nitrogens is 1. The Balaban J connectivity index is 1.68. The van der Waals surface area contributed by atoms with Gasteiger partial charge in [0.2, 0.25) is 5.91 Å². The summed E-state index contributed by atoms with van der Waals surface area (Å²) in [6.45, 7) is 1.83. The van der Waals surface area contributed by atoms with Gasteiger partial charge in [-0.15, -0.1) is 0 Å². The van der Waals surface area contributed by atoms with Crippen LogP contribution in [0.25, 0.3) is 10.9 Å². The molecule has 0 saturated heterocycles. The van der Waals surface area contributed by atoms with Crippen molar-refractivity contribution in [1.82, 2.24) is 15.2 Å². The standard InChI is InChI=1S/C30H31F6N3O2/c1-18-25(24-10-6-7-11-26(24)37-18)17-23(12-13-27(40)38-22-8-4-3-5-9-22)39(2)28(41)19-14-20(29(31,32)33)16-21(15-19)30(34,35)36/h6-7,10-16,22-23,37H,3-5,8-9,17H2,1-2H3,(H,38,40)/t23-/m0/s1. The number of likely N-dealkylation sites (N-methyl/N-ethyl adjacent to an activating group) is 1. The Morgan fingerprint density at radius 3 is 2.22 bits per heavy atom. The van der Waals surface area contributed by atoms with Crippen LogP contribution in [0, 0.1) is 6.92 Å². The third-order valence-corrected chi connectivity index (χ3v) is 7.51. The number of carbonyl (C=O) groups is 2. The lowest BCUT2D eigenvalue weighted by molar-refractivity contribution is -0.143. The lowest BCUT2D eigenvalue weighted by Gasteiger charge is -2.27. The summed E-state index contributed by atoms with van der Waals surface area (Å²) in [7, 11) is 1.30. The second-order valence-electron chi connectivity index (χ2n) is 10.5. The van der Waals surface area contributed by atoms with Gasteiger partial charge in [-0.1, -0.05) is 43.5 Å². The van der Waals surface area contributed by atoms with E-state index >= 15 is 0 Å². The second kappa shape index (κ2) is 12.0. The van der Waals surface area contributed by atoms with Crippen LogP contribution in [0.1, 0.15) is 64.8 Å². The number of aryl methyl sites for hydroxylation is 1. The first-order valence-corrected chi connectivity index (χ1v) is 13.4. The van der Waals surface area contributed by atoms with Gasteiger partial charge < -0.3 is 15.2 Å². The number of carbonyl (C=O) groups excluding carboxylic acids is 2. The maximum atomic E-state index is 13.5. The maximum Gasteiger partial charge on any atom is 0.416 e. The molecule has 1 atom stereocenters. The minimum Gasteiger partial charge on any atom is -0.358 e. The predicted octanol–water partition coefficient (Wildman–Crippen LogP) is 7.20. The van der Waals surface area contributed by atoms with Gasteiger partial charge in [0.15, 0.2) is 0 Å². The summed E-state index contributed by atoms with van der Waals surface area (Å²) in [6.07, 6.45) is -2.45. The van der Waals surface area contributed by atoms with Crippen LogP contribution in [0.5, 0.6) is 0 Å². The van der Waals surface area contributed by atoms with Crippen LogP contribution in [-0.4, -0.2) is 40.8 Å². The van der Waals surface area contributed by atoms with Gasteiger partial charge in [-0.3, -0.25) is 9.59 Å². The molecule has 2 N–H and O–H groups in total. The van der Waals surface area contributed by atoms with Gasteiger partial charge in [-0.05, 0) is 56.0 Å². The van der Waals surface area contributed by atoms with Crippen molar-refractivity contribution >= 4 is 22.7 Å². The van der Waals surface area contributed by atoms with E-state index in [1.165, 1.54) is 19.2 Å². The summed E-state index contributed by atoms with van der Waals surface area (Å²) >= 11 is 0. The number of alkyl halides is 6. The predicted molar refractivity (Wildman–Crippen MR) is 143 cm³/mol. The fourth-order valence-electron chi connectivity index (χ4n) is 5.27. The van der Waals surface area contributed by atoms with Crippen LogP contribution in [0.15, 0.2) is 54.6 Å². The number of hydrogen-bond donors (Lipinski definition) is 2. The van der Waals surface area contributed by atoms with Crippen molar-refractivity contribution in [3.63, 3.8) is 0 Å². The van der Waals surface area contributed by atoms with Gasteiger partial charge in [-0.2, -0.15) is 26.3 Å². The highest BCUT2D eigenvalue weighted by Crippen LogP contribution is 2.37. The Bertz CT molecular complexity index is 1400. The lowest BCUT2D eigenvalue weighted by atomic mass is 9.95. The largest absolute Gasteiger partial charge is 0.416 e. The zero-order chi connectivity index (χ0) is 29.9.